The summed E-state index contributed by atoms with van der Waals surface area (Å²) in [6, 6.07) is 6.87. The number of nitrogens with one attached hydrogen (secondary N) is 2. The van der Waals surface area contributed by atoms with Crippen LogP contribution in [0.15, 0.2) is 36.5 Å². The summed E-state index contributed by atoms with van der Waals surface area (Å²) < 4.78 is 40.1. The number of aromatic nitrogens is 2. The standard InChI is InChI=1S/C22H22FN5O5S.C2H3ClO/c1-13(29)26-17-11-15(23)7-6-14(17)12-25-22(31)19-20(30)18-16(5-4-8-24-18)21(27-19)28-9-2-3-10-34(28,32)33;1-2(3)4/h4-8,11,30H,2-3,9-10,12H2,1H3,(H,25,31)(H,26,29);1H3. The highest BCUT2D eigenvalue weighted by Gasteiger charge is 2.31. The molecule has 38 heavy (non-hydrogen) atoms. The Labute approximate surface area is 223 Å². The lowest BCUT2D eigenvalue weighted by Crippen LogP contribution is -2.39. The van der Waals surface area contributed by atoms with Crippen LogP contribution in [0.1, 0.15) is 42.7 Å². The quantitative estimate of drug-likeness (QED) is 0.398. The van der Waals surface area contributed by atoms with E-state index in [4.69, 9.17) is 0 Å². The van der Waals surface area contributed by atoms with Gasteiger partial charge in [-0.05, 0) is 54.3 Å². The second-order valence-electron chi connectivity index (χ2n) is 8.26. The second-order valence-corrected chi connectivity index (χ2v) is 10.8. The van der Waals surface area contributed by atoms with Crippen molar-refractivity contribution in [2.75, 3.05) is 21.9 Å². The number of pyridine rings is 2. The molecule has 1 aliphatic rings. The van der Waals surface area contributed by atoms with Gasteiger partial charge in [0.15, 0.2) is 17.3 Å². The van der Waals surface area contributed by atoms with Gasteiger partial charge in [-0.15, -0.1) is 0 Å². The minimum Gasteiger partial charge on any atom is -0.504 e. The summed E-state index contributed by atoms with van der Waals surface area (Å²) in [5, 5.41) is 15.7. The Morgan fingerprint density at radius 3 is 2.55 bits per heavy atom. The van der Waals surface area contributed by atoms with Crippen molar-refractivity contribution in [2.24, 2.45) is 0 Å². The maximum atomic E-state index is 13.6. The van der Waals surface area contributed by atoms with E-state index in [-0.39, 0.29) is 41.1 Å². The number of aromatic hydroxyl groups is 1. The van der Waals surface area contributed by atoms with E-state index >= 15 is 0 Å². The summed E-state index contributed by atoms with van der Waals surface area (Å²) >= 11 is 4.64. The summed E-state index contributed by atoms with van der Waals surface area (Å²) in [4.78, 5) is 42.0. The van der Waals surface area contributed by atoms with Crippen LogP contribution in [0.25, 0.3) is 10.9 Å². The van der Waals surface area contributed by atoms with Crippen molar-refractivity contribution in [3.8, 4) is 5.75 Å². The third-order valence-corrected chi connectivity index (χ3v) is 7.17. The highest BCUT2D eigenvalue weighted by atomic mass is 35.5. The molecule has 3 N–H and O–H groups in total. The molecular weight excluding hydrogens is 541 g/mol. The van der Waals surface area contributed by atoms with Gasteiger partial charge in [0.1, 0.15) is 11.3 Å². The Bertz CT molecular complexity index is 1500. The van der Waals surface area contributed by atoms with Crippen molar-refractivity contribution >= 4 is 61.1 Å². The van der Waals surface area contributed by atoms with Crippen LogP contribution in [-0.4, -0.2) is 52.8 Å². The molecule has 0 saturated carbocycles. The molecule has 4 rings (SSSR count). The molecule has 1 aromatic carbocycles. The van der Waals surface area contributed by atoms with Gasteiger partial charge in [-0.2, -0.15) is 0 Å². The first-order valence-corrected chi connectivity index (χ1v) is 13.4. The normalized spacial score (nSPS) is 14.3. The zero-order valence-corrected chi connectivity index (χ0v) is 22.1. The van der Waals surface area contributed by atoms with Gasteiger partial charge in [-0.1, -0.05) is 6.07 Å². The van der Waals surface area contributed by atoms with Crippen LogP contribution < -0.4 is 14.9 Å². The van der Waals surface area contributed by atoms with Gasteiger partial charge in [0.05, 0.1) is 5.75 Å². The number of carbonyl (C=O) groups excluding carboxylic acids is 3. The number of anilines is 2. The minimum absolute atomic E-state index is 0.0199. The molecule has 0 bridgehead atoms. The number of nitrogens with zero attached hydrogens (tertiary/aromatic N) is 3. The Balaban J connectivity index is 0.000000934. The number of rotatable bonds is 5. The van der Waals surface area contributed by atoms with Crippen molar-refractivity contribution in [1.29, 1.82) is 0 Å². The van der Waals surface area contributed by atoms with E-state index in [1.807, 2.05) is 0 Å². The fourth-order valence-electron chi connectivity index (χ4n) is 3.75. The molecule has 0 atom stereocenters. The number of amides is 2. The number of halogens is 2. The lowest BCUT2D eigenvalue weighted by atomic mass is 10.1. The molecule has 0 spiro atoms. The Morgan fingerprint density at radius 2 is 1.89 bits per heavy atom. The van der Waals surface area contributed by atoms with Crippen molar-refractivity contribution < 1.29 is 32.3 Å². The van der Waals surface area contributed by atoms with Crippen LogP contribution in [-0.2, 0) is 26.2 Å². The predicted molar refractivity (Wildman–Crippen MR) is 140 cm³/mol. The third-order valence-electron chi connectivity index (χ3n) is 5.34. The average molecular weight is 566 g/mol. The van der Waals surface area contributed by atoms with Crippen molar-refractivity contribution in [3.05, 3.63) is 53.6 Å². The molecule has 1 saturated heterocycles. The summed E-state index contributed by atoms with van der Waals surface area (Å²) in [7, 11) is -3.65. The predicted octanol–water partition coefficient (Wildman–Crippen LogP) is 3.06. The lowest BCUT2D eigenvalue weighted by Gasteiger charge is -2.28. The molecule has 1 fully saturated rings. The average Bonchev–Trinajstić information content (AvgIpc) is 2.83. The third kappa shape index (κ3) is 6.92. The molecule has 14 heteroatoms. The van der Waals surface area contributed by atoms with Gasteiger partial charge >= 0.3 is 0 Å². The number of hydrogen-bond donors (Lipinski definition) is 3. The van der Waals surface area contributed by atoms with E-state index in [1.165, 1.54) is 32.2 Å². The molecule has 1 aliphatic heterocycles. The van der Waals surface area contributed by atoms with E-state index in [1.54, 1.807) is 12.1 Å². The van der Waals surface area contributed by atoms with E-state index < -0.39 is 39.1 Å². The smallest absolute Gasteiger partial charge is 0.274 e. The Hall–Kier alpha value is -3.84. The van der Waals surface area contributed by atoms with Gasteiger partial charge in [-0.3, -0.25) is 23.7 Å². The second kappa shape index (κ2) is 12.1. The van der Waals surface area contributed by atoms with E-state index in [9.17, 15) is 32.3 Å². The summed E-state index contributed by atoms with van der Waals surface area (Å²) in [6.45, 7) is 2.64. The molecule has 2 amide bonds. The highest BCUT2D eigenvalue weighted by Crippen LogP contribution is 2.35. The van der Waals surface area contributed by atoms with Crippen LogP contribution in [0.3, 0.4) is 0 Å². The molecule has 0 radical (unpaired) electrons. The molecule has 2 aromatic heterocycles. The van der Waals surface area contributed by atoms with Gasteiger partial charge in [-0.25, -0.2) is 17.8 Å². The Morgan fingerprint density at radius 1 is 1.18 bits per heavy atom. The van der Waals surface area contributed by atoms with Crippen molar-refractivity contribution in [1.82, 2.24) is 15.3 Å². The van der Waals surface area contributed by atoms with Crippen LogP contribution >= 0.6 is 11.6 Å². The van der Waals surface area contributed by atoms with E-state index in [0.717, 1.165) is 10.4 Å². The Kier molecular flexibility index (Phi) is 9.17. The first-order valence-electron chi connectivity index (χ1n) is 11.4. The van der Waals surface area contributed by atoms with Crippen molar-refractivity contribution in [3.63, 3.8) is 0 Å². The van der Waals surface area contributed by atoms with Crippen LogP contribution in [0.5, 0.6) is 5.75 Å². The van der Waals surface area contributed by atoms with Crippen LogP contribution in [0.2, 0.25) is 0 Å². The molecule has 202 valence electrons. The topological polar surface area (TPSA) is 159 Å². The molecule has 3 aromatic rings. The van der Waals surface area contributed by atoms with E-state index in [2.05, 4.69) is 32.2 Å². The lowest BCUT2D eigenvalue weighted by molar-refractivity contribution is -0.114. The van der Waals surface area contributed by atoms with Gasteiger partial charge in [0, 0.05) is 44.2 Å². The largest absolute Gasteiger partial charge is 0.504 e. The number of benzene rings is 1. The van der Waals surface area contributed by atoms with Crippen LogP contribution in [0.4, 0.5) is 15.9 Å². The van der Waals surface area contributed by atoms with Gasteiger partial charge in [0.25, 0.3) is 5.91 Å². The molecule has 0 unspecified atom stereocenters. The minimum atomic E-state index is -3.65. The number of sulfonamides is 1. The maximum Gasteiger partial charge on any atom is 0.274 e. The zero-order chi connectivity index (χ0) is 28.0. The summed E-state index contributed by atoms with van der Waals surface area (Å²) in [5.74, 6) is -2.29. The first-order chi connectivity index (χ1) is 17.9. The zero-order valence-electron chi connectivity index (χ0n) is 20.5. The van der Waals surface area contributed by atoms with E-state index in [0.29, 0.717) is 23.8 Å². The monoisotopic (exact) mass is 565 g/mol. The first kappa shape index (κ1) is 28.7. The SMILES string of the molecule is CC(=O)Cl.CC(=O)Nc1cc(F)ccc1CNC(=O)c1nc(N2CCCCS2(=O)=O)c2cccnc2c1O. The number of carbonyl (C=O) groups is 3. The molecular formula is C24H25ClFN5O6S. The fraction of sp³-hybridized carbons (Fsp3) is 0.292. The van der Waals surface area contributed by atoms with Crippen molar-refractivity contribution in [2.45, 2.75) is 33.2 Å². The maximum absolute atomic E-state index is 13.6. The molecule has 0 aliphatic carbocycles. The fourth-order valence-corrected chi connectivity index (χ4v) is 5.35. The number of hydrogen-bond acceptors (Lipinski definition) is 8. The van der Waals surface area contributed by atoms with Gasteiger partial charge < -0.3 is 15.7 Å². The summed E-state index contributed by atoms with van der Waals surface area (Å²) in [6.07, 6.45) is 2.56. The number of fused-ring (bicyclic) bond motifs is 1. The molecule has 11 nitrogen and oxygen atoms in total. The van der Waals surface area contributed by atoms with Crippen LogP contribution in [0, 0.1) is 5.82 Å². The highest BCUT2D eigenvalue weighted by molar-refractivity contribution is 7.92. The molecule has 3 heterocycles. The summed E-state index contributed by atoms with van der Waals surface area (Å²) in [5.41, 5.74) is 0.247. The van der Waals surface area contributed by atoms with Gasteiger partial charge in [0.2, 0.25) is 21.2 Å².